The van der Waals surface area contributed by atoms with Crippen LogP contribution in [0.4, 0.5) is 5.00 Å². The maximum atomic E-state index is 12.8. The largest absolute Gasteiger partial charge is 0.497 e. The summed E-state index contributed by atoms with van der Waals surface area (Å²) in [5.41, 5.74) is 0.890. The number of carbonyl (C=O) groups is 1. The number of rotatable bonds is 6. The SMILES string of the molecule is COC(=O)c1c(NS(=O)(=O)c2cc(OC)cc(OC)c2)sc(C)c1C. The maximum Gasteiger partial charge on any atom is 0.341 e. The molecule has 0 saturated heterocycles. The number of methoxy groups -OCH3 is 3. The molecule has 9 heteroatoms. The van der Waals surface area contributed by atoms with Crippen LogP contribution in [-0.2, 0) is 14.8 Å². The Balaban J connectivity index is 2.50. The first-order chi connectivity index (χ1) is 11.7. The number of benzene rings is 1. The summed E-state index contributed by atoms with van der Waals surface area (Å²) in [6.07, 6.45) is 0. The molecule has 2 rings (SSSR count). The molecule has 7 nitrogen and oxygen atoms in total. The maximum absolute atomic E-state index is 12.8. The molecule has 0 fully saturated rings. The van der Waals surface area contributed by atoms with Crippen LogP contribution in [0, 0.1) is 13.8 Å². The van der Waals surface area contributed by atoms with Crippen molar-refractivity contribution in [3.63, 3.8) is 0 Å². The fourth-order valence-corrected chi connectivity index (χ4v) is 4.57. The number of hydrogen-bond acceptors (Lipinski definition) is 7. The lowest BCUT2D eigenvalue weighted by molar-refractivity contribution is 0.0601. The van der Waals surface area contributed by atoms with Crippen molar-refractivity contribution in [1.29, 1.82) is 0 Å². The van der Waals surface area contributed by atoms with Crippen molar-refractivity contribution in [1.82, 2.24) is 0 Å². The van der Waals surface area contributed by atoms with Gasteiger partial charge in [0.25, 0.3) is 10.0 Å². The molecule has 1 N–H and O–H groups in total. The van der Waals surface area contributed by atoms with E-state index in [-0.39, 0.29) is 15.5 Å². The van der Waals surface area contributed by atoms with Gasteiger partial charge in [-0.25, -0.2) is 13.2 Å². The van der Waals surface area contributed by atoms with Crippen LogP contribution < -0.4 is 14.2 Å². The molecule has 0 radical (unpaired) electrons. The normalized spacial score (nSPS) is 11.1. The molecule has 1 heterocycles. The van der Waals surface area contributed by atoms with E-state index >= 15 is 0 Å². The quantitative estimate of drug-likeness (QED) is 0.769. The van der Waals surface area contributed by atoms with Gasteiger partial charge >= 0.3 is 5.97 Å². The number of sulfonamides is 1. The lowest BCUT2D eigenvalue weighted by atomic mass is 10.2. The fraction of sp³-hybridized carbons (Fsp3) is 0.312. The number of aryl methyl sites for hydroxylation is 1. The van der Waals surface area contributed by atoms with E-state index in [4.69, 9.17) is 14.2 Å². The molecule has 1 aromatic carbocycles. The minimum absolute atomic E-state index is 0.0387. The van der Waals surface area contributed by atoms with Gasteiger partial charge in [-0.3, -0.25) is 4.72 Å². The summed E-state index contributed by atoms with van der Waals surface area (Å²) in [4.78, 5) is 12.8. The highest BCUT2D eigenvalue weighted by Crippen LogP contribution is 2.35. The zero-order chi connectivity index (χ0) is 18.8. The van der Waals surface area contributed by atoms with Crippen molar-refractivity contribution < 1.29 is 27.4 Å². The molecule has 0 atom stereocenters. The molecule has 0 aliphatic carbocycles. The van der Waals surface area contributed by atoms with E-state index in [1.165, 1.54) is 44.8 Å². The van der Waals surface area contributed by atoms with E-state index < -0.39 is 16.0 Å². The Morgan fingerprint density at radius 1 is 1.04 bits per heavy atom. The van der Waals surface area contributed by atoms with Crippen LogP contribution in [0.5, 0.6) is 11.5 Å². The van der Waals surface area contributed by atoms with Crippen LogP contribution >= 0.6 is 11.3 Å². The molecular weight excluding hydrogens is 366 g/mol. The minimum atomic E-state index is -3.95. The minimum Gasteiger partial charge on any atom is -0.497 e. The monoisotopic (exact) mass is 385 g/mol. The molecule has 0 amide bonds. The molecule has 0 spiro atoms. The van der Waals surface area contributed by atoms with Gasteiger partial charge in [-0.15, -0.1) is 11.3 Å². The highest BCUT2D eigenvalue weighted by Gasteiger charge is 2.25. The van der Waals surface area contributed by atoms with Gasteiger partial charge in [-0.05, 0) is 19.4 Å². The first kappa shape index (κ1) is 19.1. The first-order valence-corrected chi connectivity index (χ1v) is 9.47. The Morgan fingerprint density at radius 2 is 1.60 bits per heavy atom. The second-order valence-electron chi connectivity index (χ2n) is 5.13. The molecule has 0 aliphatic rings. The summed E-state index contributed by atoms with van der Waals surface area (Å²) in [5.74, 6) is 0.0840. The van der Waals surface area contributed by atoms with Gasteiger partial charge in [0, 0.05) is 23.1 Å². The number of ether oxygens (including phenoxy) is 3. The van der Waals surface area contributed by atoms with Crippen molar-refractivity contribution >= 4 is 32.3 Å². The number of carbonyl (C=O) groups excluding carboxylic acids is 1. The third-order valence-corrected chi connectivity index (χ3v) is 6.22. The van der Waals surface area contributed by atoms with Crippen LogP contribution in [-0.4, -0.2) is 35.7 Å². The molecule has 136 valence electrons. The van der Waals surface area contributed by atoms with E-state index in [9.17, 15) is 13.2 Å². The second-order valence-corrected chi connectivity index (χ2v) is 8.04. The molecule has 25 heavy (non-hydrogen) atoms. The number of anilines is 1. The van der Waals surface area contributed by atoms with Crippen molar-refractivity contribution in [3.05, 3.63) is 34.2 Å². The first-order valence-electron chi connectivity index (χ1n) is 7.17. The number of thiophene rings is 1. The van der Waals surface area contributed by atoms with Crippen LogP contribution in [0.2, 0.25) is 0 Å². The average molecular weight is 385 g/mol. The smallest absolute Gasteiger partial charge is 0.341 e. The van der Waals surface area contributed by atoms with E-state index in [0.717, 1.165) is 4.88 Å². The Labute approximate surface area is 150 Å². The van der Waals surface area contributed by atoms with Crippen molar-refractivity contribution in [2.24, 2.45) is 0 Å². The van der Waals surface area contributed by atoms with Gasteiger partial charge in [-0.1, -0.05) is 0 Å². The average Bonchev–Trinajstić information content (AvgIpc) is 2.86. The van der Waals surface area contributed by atoms with Gasteiger partial charge in [0.2, 0.25) is 0 Å². The lowest BCUT2D eigenvalue weighted by Gasteiger charge is -2.11. The van der Waals surface area contributed by atoms with Gasteiger partial charge in [0.05, 0.1) is 31.8 Å². The van der Waals surface area contributed by atoms with Crippen molar-refractivity contribution in [2.45, 2.75) is 18.7 Å². The summed E-state index contributed by atoms with van der Waals surface area (Å²) in [5, 5.41) is 0.212. The molecular formula is C16H19NO6S2. The Hall–Kier alpha value is -2.26. The van der Waals surface area contributed by atoms with Gasteiger partial charge in [0.15, 0.2) is 0 Å². The summed E-state index contributed by atoms with van der Waals surface area (Å²) in [6, 6.07) is 4.31. The molecule has 0 unspecified atom stereocenters. The van der Waals surface area contributed by atoms with Gasteiger partial charge < -0.3 is 14.2 Å². The van der Waals surface area contributed by atoms with E-state index in [1.54, 1.807) is 19.9 Å². The number of esters is 1. The summed E-state index contributed by atoms with van der Waals surface area (Å²) >= 11 is 1.17. The summed E-state index contributed by atoms with van der Waals surface area (Å²) in [7, 11) is 0.157. The molecule has 0 aliphatic heterocycles. The van der Waals surface area contributed by atoms with Crippen LogP contribution in [0.1, 0.15) is 20.8 Å². The molecule has 0 saturated carbocycles. The zero-order valence-electron chi connectivity index (χ0n) is 14.5. The zero-order valence-corrected chi connectivity index (χ0v) is 16.1. The third kappa shape index (κ3) is 3.88. The van der Waals surface area contributed by atoms with E-state index in [0.29, 0.717) is 17.1 Å². The number of nitrogens with one attached hydrogen (secondary N) is 1. The predicted molar refractivity (Wildman–Crippen MR) is 95.5 cm³/mol. The van der Waals surface area contributed by atoms with Gasteiger partial charge in [-0.2, -0.15) is 0 Å². The Bertz CT molecular complexity index is 879. The topological polar surface area (TPSA) is 90.9 Å². The van der Waals surface area contributed by atoms with Crippen LogP contribution in [0.3, 0.4) is 0 Å². The van der Waals surface area contributed by atoms with Crippen LogP contribution in [0.15, 0.2) is 23.1 Å². The standard InChI is InChI=1S/C16H19NO6S2/c1-9-10(2)24-15(14(9)16(18)23-5)17-25(19,20)13-7-11(21-3)6-12(8-13)22-4/h6-8,17H,1-5H3. The summed E-state index contributed by atoms with van der Waals surface area (Å²) in [6.45, 7) is 3.54. The fourth-order valence-electron chi connectivity index (χ4n) is 2.16. The van der Waals surface area contributed by atoms with Crippen LogP contribution in [0.25, 0.3) is 0 Å². The predicted octanol–water partition coefficient (Wildman–Crippen LogP) is 2.97. The van der Waals surface area contributed by atoms with Crippen molar-refractivity contribution in [3.8, 4) is 11.5 Å². The van der Waals surface area contributed by atoms with E-state index in [2.05, 4.69) is 4.72 Å². The highest BCUT2D eigenvalue weighted by molar-refractivity contribution is 7.93. The third-order valence-electron chi connectivity index (χ3n) is 3.64. The lowest BCUT2D eigenvalue weighted by Crippen LogP contribution is -2.15. The summed E-state index contributed by atoms with van der Waals surface area (Å²) < 4.78 is 42.9. The Kier molecular flexibility index (Phi) is 5.58. The number of hydrogen-bond donors (Lipinski definition) is 1. The molecule has 0 bridgehead atoms. The van der Waals surface area contributed by atoms with Gasteiger partial charge in [0.1, 0.15) is 16.5 Å². The second kappa shape index (κ2) is 7.32. The highest BCUT2D eigenvalue weighted by atomic mass is 32.2. The Morgan fingerprint density at radius 3 is 2.08 bits per heavy atom. The van der Waals surface area contributed by atoms with Crippen molar-refractivity contribution in [2.75, 3.05) is 26.1 Å². The van der Waals surface area contributed by atoms with E-state index in [1.807, 2.05) is 0 Å². The molecule has 1 aromatic heterocycles. The molecule has 2 aromatic rings.